The van der Waals surface area contributed by atoms with Gasteiger partial charge in [0.1, 0.15) is 5.25 Å². The predicted octanol–water partition coefficient (Wildman–Crippen LogP) is 2.51. The zero-order valence-corrected chi connectivity index (χ0v) is 14.1. The lowest BCUT2D eigenvalue weighted by molar-refractivity contribution is -0.132. The highest BCUT2D eigenvalue weighted by Gasteiger charge is 2.32. The van der Waals surface area contributed by atoms with Gasteiger partial charge < -0.3 is 4.74 Å². The molecule has 1 amide bonds. The Hall–Kier alpha value is -2.18. The van der Waals surface area contributed by atoms with E-state index < -0.39 is 27.3 Å². The number of nitrogens with one attached hydrogen (secondary N) is 1. The Balaban J connectivity index is 1.80. The fourth-order valence-corrected chi connectivity index (χ4v) is 3.88. The van der Waals surface area contributed by atoms with Crippen LogP contribution in [0.15, 0.2) is 54.6 Å². The van der Waals surface area contributed by atoms with Gasteiger partial charge in [-0.05, 0) is 30.0 Å². The van der Waals surface area contributed by atoms with E-state index in [-0.39, 0.29) is 0 Å². The van der Waals surface area contributed by atoms with Gasteiger partial charge in [-0.3, -0.25) is 9.52 Å². The second kappa shape index (κ2) is 6.75. The van der Waals surface area contributed by atoms with Crippen molar-refractivity contribution in [2.45, 2.75) is 24.7 Å². The molecule has 1 N–H and O–H groups in total. The number of sulfonamides is 1. The molecule has 1 aliphatic rings. The van der Waals surface area contributed by atoms with Crippen molar-refractivity contribution in [1.29, 1.82) is 0 Å². The first-order valence-corrected chi connectivity index (χ1v) is 9.33. The minimum absolute atomic E-state index is 0.392. The van der Waals surface area contributed by atoms with Crippen LogP contribution in [0, 0.1) is 0 Å². The summed E-state index contributed by atoms with van der Waals surface area (Å²) >= 11 is 0. The number of carbonyl (C=O) groups is 1. The Morgan fingerprint density at radius 2 is 1.79 bits per heavy atom. The van der Waals surface area contributed by atoms with Crippen molar-refractivity contribution < 1.29 is 17.9 Å². The van der Waals surface area contributed by atoms with Crippen molar-refractivity contribution in [2.75, 3.05) is 6.61 Å². The number of ether oxygens (including phenoxy) is 1. The van der Waals surface area contributed by atoms with Crippen molar-refractivity contribution in [3.8, 4) is 0 Å². The molecule has 126 valence electrons. The van der Waals surface area contributed by atoms with Gasteiger partial charge in [0.2, 0.25) is 10.0 Å². The van der Waals surface area contributed by atoms with E-state index in [0.29, 0.717) is 18.6 Å². The molecular weight excluding hydrogens is 326 g/mol. The number of benzene rings is 2. The molecule has 0 radical (unpaired) electrons. The SMILES string of the molecule is CC(c1ccccc1)S(=O)(=O)NC(=O)C1OCCc2ccccc21. The zero-order chi connectivity index (χ0) is 17.2. The van der Waals surface area contributed by atoms with Crippen LogP contribution in [0.5, 0.6) is 0 Å². The van der Waals surface area contributed by atoms with E-state index in [1.54, 1.807) is 37.3 Å². The Bertz CT molecular complexity index is 833. The van der Waals surface area contributed by atoms with Gasteiger partial charge in [0.25, 0.3) is 5.91 Å². The highest BCUT2D eigenvalue weighted by molar-refractivity contribution is 7.90. The number of carbonyl (C=O) groups excluding carboxylic acids is 1. The van der Waals surface area contributed by atoms with E-state index in [9.17, 15) is 13.2 Å². The molecule has 0 saturated heterocycles. The fourth-order valence-electron chi connectivity index (χ4n) is 2.80. The average molecular weight is 345 g/mol. The molecule has 0 bridgehead atoms. The first-order chi connectivity index (χ1) is 11.5. The maximum Gasteiger partial charge on any atom is 0.267 e. The van der Waals surface area contributed by atoms with E-state index >= 15 is 0 Å². The van der Waals surface area contributed by atoms with Crippen LogP contribution >= 0.6 is 0 Å². The van der Waals surface area contributed by atoms with Crippen LogP contribution < -0.4 is 4.72 Å². The number of amides is 1. The number of fused-ring (bicyclic) bond motifs is 1. The summed E-state index contributed by atoms with van der Waals surface area (Å²) in [6, 6.07) is 16.2. The van der Waals surface area contributed by atoms with Gasteiger partial charge in [-0.15, -0.1) is 0 Å². The molecule has 6 heteroatoms. The number of hydrogen-bond acceptors (Lipinski definition) is 4. The van der Waals surface area contributed by atoms with E-state index in [2.05, 4.69) is 4.72 Å². The van der Waals surface area contributed by atoms with Gasteiger partial charge in [0, 0.05) is 0 Å². The van der Waals surface area contributed by atoms with E-state index in [1.165, 1.54) is 0 Å². The van der Waals surface area contributed by atoms with Crippen LogP contribution in [-0.4, -0.2) is 20.9 Å². The predicted molar refractivity (Wildman–Crippen MR) is 90.8 cm³/mol. The summed E-state index contributed by atoms with van der Waals surface area (Å²) in [5, 5.41) is -0.832. The third kappa shape index (κ3) is 3.34. The number of hydrogen-bond donors (Lipinski definition) is 1. The molecule has 3 rings (SSSR count). The lowest BCUT2D eigenvalue weighted by atomic mass is 9.97. The minimum Gasteiger partial charge on any atom is -0.363 e. The smallest absolute Gasteiger partial charge is 0.267 e. The highest BCUT2D eigenvalue weighted by Crippen LogP contribution is 2.28. The molecule has 0 aromatic heterocycles. The first kappa shape index (κ1) is 16.7. The molecule has 0 saturated carbocycles. The van der Waals surface area contributed by atoms with Crippen LogP contribution in [-0.2, 0) is 26.0 Å². The second-order valence-electron chi connectivity index (χ2n) is 5.76. The minimum atomic E-state index is -3.84. The van der Waals surface area contributed by atoms with Crippen LogP contribution in [0.1, 0.15) is 35.0 Å². The molecule has 1 heterocycles. The van der Waals surface area contributed by atoms with Gasteiger partial charge >= 0.3 is 0 Å². The number of rotatable bonds is 4. The van der Waals surface area contributed by atoms with Crippen LogP contribution in [0.2, 0.25) is 0 Å². The van der Waals surface area contributed by atoms with Crippen LogP contribution in [0.4, 0.5) is 0 Å². The topological polar surface area (TPSA) is 72.5 Å². The zero-order valence-electron chi connectivity index (χ0n) is 13.3. The summed E-state index contributed by atoms with van der Waals surface area (Å²) in [5.74, 6) is -0.648. The van der Waals surface area contributed by atoms with Crippen molar-refractivity contribution in [1.82, 2.24) is 4.72 Å². The van der Waals surface area contributed by atoms with E-state index in [0.717, 1.165) is 11.1 Å². The first-order valence-electron chi connectivity index (χ1n) is 7.79. The third-order valence-electron chi connectivity index (χ3n) is 4.21. The maximum atomic E-state index is 12.5. The van der Waals surface area contributed by atoms with Gasteiger partial charge in [-0.1, -0.05) is 54.6 Å². The summed E-state index contributed by atoms with van der Waals surface area (Å²) < 4.78 is 32.7. The second-order valence-corrected chi connectivity index (χ2v) is 7.77. The van der Waals surface area contributed by atoms with Gasteiger partial charge in [-0.25, -0.2) is 8.42 Å². The molecular formula is C18H19NO4S. The molecule has 2 atom stereocenters. The molecule has 0 spiro atoms. The maximum absolute atomic E-state index is 12.5. The molecule has 1 aliphatic heterocycles. The quantitative estimate of drug-likeness (QED) is 0.924. The molecule has 0 aliphatic carbocycles. The van der Waals surface area contributed by atoms with Crippen molar-refractivity contribution in [3.05, 3.63) is 71.3 Å². The summed E-state index contributed by atoms with van der Waals surface area (Å²) in [6.07, 6.45) is -0.180. The lowest BCUT2D eigenvalue weighted by Crippen LogP contribution is -2.39. The standard InChI is InChI=1S/C18H19NO4S/c1-13(14-7-3-2-4-8-14)24(21,22)19-18(20)17-16-10-6-5-9-15(16)11-12-23-17/h2-10,13,17H,11-12H2,1H3,(H,19,20). The Morgan fingerprint density at radius 1 is 1.12 bits per heavy atom. The molecule has 2 aromatic carbocycles. The fraction of sp³-hybridized carbons (Fsp3) is 0.278. The molecule has 2 aromatic rings. The van der Waals surface area contributed by atoms with Crippen molar-refractivity contribution in [2.24, 2.45) is 0 Å². The summed E-state index contributed by atoms with van der Waals surface area (Å²) in [5.41, 5.74) is 2.36. The van der Waals surface area contributed by atoms with Gasteiger partial charge in [0.05, 0.1) is 6.61 Å². The van der Waals surface area contributed by atoms with E-state index in [1.807, 2.05) is 24.3 Å². The molecule has 2 unspecified atom stereocenters. The normalized spacial score (nSPS) is 18.5. The Morgan fingerprint density at radius 3 is 2.54 bits per heavy atom. The largest absolute Gasteiger partial charge is 0.363 e. The molecule has 0 fully saturated rings. The van der Waals surface area contributed by atoms with Crippen LogP contribution in [0.3, 0.4) is 0 Å². The van der Waals surface area contributed by atoms with E-state index in [4.69, 9.17) is 4.74 Å². The summed E-state index contributed by atoms with van der Waals surface area (Å²) in [6.45, 7) is 1.95. The lowest BCUT2D eigenvalue weighted by Gasteiger charge is -2.25. The van der Waals surface area contributed by atoms with Crippen LogP contribution in [0.25, 0.3) is 0 Å². The van der Waals surface area contributed by atoms with Crippen molar-refractivity contribution in [3.63, 3.8) is 0 Å². The molecule has 5 nitrogen and oxygen atoms in total. The summed E-state index contributed by atoms with van der Waals surface area (Å²) in [7, 11) is -3.84. The Labute approximate surface area is 141 Å². The highest BCUT2D eigenvalue weighted by atomic mass is 32.2. The average Bonchev–Trinajstić information content (AvgIpc) is 2.61. The van der Waals surface area contributed by atoms with Crippen molar-refractivity contribution >= 4 is 15.9 Å². The van der Waals surface area contributed by atoms with Gasteiger partial charge in [0.15, 0.2) is 6.10 Å². The molecule has 24 heavy (non-hydrogen) atoms. The third-order valence-corrected chi connectivity index (χ3v) is 5.90. The van der Waals surface area contributed by atoms with Gasteiger partial charge in [-0.2, -0.15) is 0 Å². The monoisotopic (exact) mass is 345 g/mol. The summed E-state index contributed by atoms with van der Waals surface area (Å²) in [4.78, 5) is 12.5. The Kier molecular flexibility index (Phi) is 4.69.